The van der Waals surface area contributed by atoms with Gasteiger partial charge in [0.2, 0.25) is 5.75 Å². The molecule has 0 aliphatic heterocycles. The summed E-state index contributed by atoms with van der Waals surface area (Å²) >= 11 is 3.19. The van der Waals surface area contributed by atoms with Crippen LogP contribution >= 0.6 is 15.9 Å². The van der Waals surface area contributed by atoms with Gasteiger partial charge >= 0.3 is 5.69 Å². The van der Waals surface area contributed by atoms with Crippen LogP contribution in [0.4, 0.5) is 5.69 Å². The van der Waals surface area contributed by atoms with Gasteiger partial charge in [0.25, 0.3) is 0 Å². The fraction of sp³-hybridized carbons (Fsp3) is 0.538. The molecule has 7 heteroatoms. The number of nitro benzene ring substituents is 1. The van der Waals surface area contributed by atoms with Gasteiger partial charge in [-0.25, -0.2) is 0 Å². The molecule has 1 aromatic rings. The molecule has 1 atom stereocenters. The summed E-state index contributed by atoms with van der Waals surface area (Å²) in [4.78, 5) is 10.5. The molecule has 0 unspecified atom stereocenters. The fourth-order valence-electron chi connectivity index (χ4n) is 1.80. The molecule has 2 rings (SSSR count). The highest BCUT2D eigenvalue weighted by Gasteiger charge is 2.24. The summed E-state index contributed by atoms with van der Waals surface area (Å²) in [6.07, 6.45) is 1.46. The summed E-state index contributed by atoms with van der Waals surface area (Å²) in [6.45, 7) is 2.08. The number of nitrogens with zero attached hydrogens (tertiary/aromatic N) is 1. The molecular formula is C13H16BrNO5. The molecule has 0 spiro atoms. The van der Waals surface area contributed by atoms with Gasteiger partial charge in [-0.2, -0.15) is 0 Å². The van der Waals surface area contributed by atoms with Gasteiger partial charge in [0.1, 0.15) is 0 Å². The Hall–Kier alpha value is -1.18. The molecule has 0 bridgehead atoms. The minimum atomic E-state index is -0.871. The molecule has 0 aromatic heterocycles. The second kappa shape index (κ2) is 6.51. The summed E-state index contributed by atoms with van der Waals surface area (Å²) in [5.41, 5.74) is 0.173. The third kappa shape index (κ3) is 3.91. The zero-order valence-corrected chi connectivity index (χ0v) is 12.6. The summed E-state index contributed by atoms with van der Waals surface area (Å²) < 4.78 is 11.2. The molecule has 0 heterocycles. The van der Waals surface area contributed by atoms with E-state index < -0.39 is 11.0 Å². The Balaban J connectivity index is 2.15. The molecule has 1 fully saturated rings. The smallest absolute Gasteiger partial charge is 0.312 e. The number of ether oxygens (including phenoxy) is 2. The third-order valence-corrected chi connectivity index (χ3v) is 3.50. The van der Waals surface area contributed by atoms with Crippen molar-refractivity contribution in [2.24, 2.45) is 5.92 Å². The van der Waals surface area contributed by atoms with E-state index in [0.29, 0.717) is 22.6 Å². The van der Waals surface area contributed by atoms with Gasteiger partial charge in [0.05, 0.1) is 17.6 Å². The normalized spacial score (nSPS) is 15.9. The van der Waals surface area contributed by atoms with E-state index in [0.717, 1.165) is 12.8 Å². The van der Waals surface area contributed by atoms with Gasteiger partial charge in [-0.3, -0.25) is 10.1 Å². The molecule has 1 saturated carbocycles. The molecule has 1 N–H and O–H groups in total. The van der Waals surface area contributed by atoms with Gasteiger partial charge in [0.15, 0.2) is 6.79 Å². The van der Waals surface area contributed by atoms with Gasteiger partial charge in [-0.15, -0.1) is 0 Å². The zero-order valence-electron chi connectivity index (χ0n) is 11.0. The van der Waals surface area contributed by atoms with Crippen LogP contribution in [0.2, 0.25) is 0 Å². The van der Waals surface area contributed by atoms with Crippen molar-refractivity contribution < 1.29 is 19.5 Å². The van der Waals surface area contributed by atoms with Crippen molar-refractivity contribution in [2.45, 2.75) is 25.9 Å². The highest BCUT2D eigenvalue weighted by molar-refractivity contribution is 9.10. The molecule has 1 aromatic carbocycles. The molecular weight excluding hydrogens is 330 g/mol. The Morgan fingerprint density at radius 2 is 2.25 bits per heavy atom. The number of aliphatic hydroxyl groups excluding tert-OH is 1. The molecule has 20 heavy (non-hydrogen) atoms. The fourth-order valence-corrected chi connectivity index (χ4v) is 2.27. The summed E-state index contributed by atoms with van der Waals surface area (Å²) in [7, 11) is 0. The van der Waals surface area contributed by atoms with Crippen LogP contribution in [0.5, 0.6) is 5.75 Å². The predicted molar refractivity (Wildman–Crippen MR) is 75.6 cm³/mol. The number of hydrogen-bond donors (Lipinski definition) is 1. The van der Waals surface area contributed by atoms with Crippen LogP contribution in [0.3, 0.4) is 0 Å². The lowest BCUT2D eigenvalue weighted by molar-refractivity contribution is -0.386. The Kier molecular flexibility index (Phi) is 4.95. The molecule has 0 radical (unpaired) electrons. The highest BCUT2D eigenvalue weighted by Crippen LogP contribution is 2.38. The average molecular weight is 346 g/mol. The van der Waals surface area contributed by atoms with E-state index in [1.54, 1.807) is 6.07 Å². The highest BCUT2D eigenvalue weighted by atomic mass is 79.9. The van der Waals surface area contributed by atoms with Crippen molar-refractivity contribution in [3.63, 3.8) is 0 Å². The molecule has 1 aliphatic carbocycles. The first kappa shape index (κ1) is 15.2. The van der Waals surface area contributed by atoms with Crippen molar-refractivity contribution in [1.29, 1.82) is 0 Å². The largest absolute Gasteiger partial charge is 0.460 e. The van der Waals surface area contributed by atoms with Crippen LogP contribution in [0, 0.1) is 16.0 Å². The van der Waals surface area contributed by atoms with Crippen LogP contribution in [-0.2, 0) is 4.74 Å². The van der Waals surface area contributed by atoms with Crippen LogP contribution in [0.1, 0.15) is 31.4 Å². The van der Waals surface area contributed by atoms with Gasteiger partial charge < -0.3 is 14.6 Å². The Bertz CT molecular complexity index is 502. The zero-order chi connectivity index (χ0) is 14.7. The maximum absolute atomic E-state index is 11.1. The molecule has 0 saturated heterocycles. The summed E-state index contributed by atoms with van der Waals surface area (Å²) in [6, 6.07) is 2.95. The van der Waals surface area contributed by atoms with Gasteiger partial charge in [-0.05, 0) is 31.7 Å². The summed E-state index contributed by atoms with van der Waals surface area (Å²) in [5, 5.41) is 20.8. The summed E-state index contributed by atoms with van der Waals surface area (Å²) in [5.74, 6) is 0.652. The number of nitro groups is 1. The van der Waals surface area contributed by atoms with E-state index in [1.807, 2.05) is 0 Å². The first-order valence-corrected chi connectivity index (χ1v) is 7.14. The average Bonchev–Trinajstić information content (AvgIpc) is 3.18. The first-order chi connectivity index (χ1) is 9.49. The number of hydrogen-bond acceptors (Lipinski definition) is 5. The lowest BCUT2D eigenvalue weighted by Gasteiger charge is -2.14. The van der Waals surface area contributed by atoms with E-state index >= 15 is 0 Å². The standard InChI is InChI=1S/C13H16BrNO5/c1-8(16)11-4-10(14)5-12(15(17)18)13(11)20-7-19-6-9-2-3-9/h4-5,8-9,16H,2-3,6-7H2,1H3/t8-/m1/s1. The molecule has 1 aliphatic rings. The van der Waals surface area contributed by atoms with E-state index in [1.165, 1.54) is 13.0 Å². The van der Waals surface area contributed by atoms with Gasteiger partial charge in [0, 0.05) is 16.1 Å². The minimum Gasteiger partial charge on any atom is -0.460 e. The second-order valence-corrected chi connectivity index (χ2v) is 5.77. The van der Waals surface area contributed by atoms with Crippen LogP contribution in [-0.4, -0.2) is 23.4 Å². The van der Waals surface area contributed by atoms with E-state index in [4.69, 9.17) is 9.47 Å². The Morgan fingerprint density at radius 3 is 2.80 bits per heavy atom. The van der Waals surface area contributed by atoms with Crippen LogP contribution in [0.15, 0.2) is 16.6 Å². The van der Waals surface area contributed by atoms with Crippen molar-refractivity contribution >= 4 is 21.6 Å². The van der Waals surface area contributed by atoms with E-state index in [2.05, 4.69) is 15.9 Å². The second-order valence-electron chi connectivity index (χ2n) is 4.85. The lowest BCUT2D eigenvalue weighted by atomic mass is 10.1. The molecule has 6 nitrogen and oxygen atoms in total. The Labute approximate surface area is 125 Å². The van der Waals surface area contributed by atoms with Crippen molar-refractivity contribution in [3.8, 4) is 5.75 Å². The number of rotatable bonds is 7. The SMILES string of the molecule is C[C@@H](O)c1cc(Br)cc([N+](=O)[O-])c1OCOCC1CC1. The quantitative estimate of drug-likeness (QED) is 0.355. The lowest BCUT2D eigenvalue weighted by Crippen LogP contribution is -2.09. The maximum Gasteiger partial charge on any atom is 0.312 e. The number of halogens is 1. The minimum absolute atomic E-state index is 0.0569. The van der Waals surface area contributed by atoms with Crippen LogP contribution < -0.4 is 4.74 Å². The van der Waals surface area contributed by atoms with Crippen molar-refractivity contribution in [3.05, 3.63) is 32.3 Å². The predicted octanol–water partition coefficient (Wildman–Crippen LogP) is 3.17. The number of aliphatic hydroxyl groups is 1. The van der Waals surface area contributed by atoms with Gasteiger partial charge in [-0.1, -0.05) is 15.9 Å². The van der Waals surface area contributed by atoms with E-state index in [-0.39, 0.29) is 18.2 Å². The topological polar surface area (TPSA) is 81.8 Å². The third-order valence-electron chi connectivity index (χ3n) is 3.05. The maximum atomic E-state index is 11.1. The van der Waals surface area contributed by atoms with Crippen molar-refractivity contribution in [2.75, 3.05) is 13.4 Å². The van der Waals surface area contributed by atoms with E-state index in [9.17, 15) is 15.2 Å². The molecule has 110 valence electrons. The Morgan fingerprint density at radius 1 is 1.55 bits per heavy atom. The van der Waals surface area contributed by atoms with Crippen LogP contribution in [0.25, 0.3) is 0 Å². The first-order valence-electron chi connectivity index (χ1n) is 6.35. The molecule has 0 amide bonds. The number of benzene rings is 1. The monoisotopic (exact) mass is 345 g/mol. The van der Waals surface area contributed by atoms with Crippen molar-refractivity contribution in [1.82, 2.24) is 0 Å².